The van der Waals surface area contributed by atoms with Gasteiger partial charge in [0.2, 0.25) is 0 Å². The highest BCUT2D eigenvalue weighted by Crippen LogP contribution is 1.67. The molecule has 0 fully saturated rings. The van der Waals surface area contributed by atoms with E-state index in [0.717, 1.165) is 0 Å². The smallest absolute Gasteiger partial charge is 0.0401 e. The lowest BCUT2D eigenvalue weighted by Gasteiger charge is -1.90. The van der Waals surface area contributed by atoms with Crippen molar-refractivity contribution in [3.05, 3.63) is 12.7 Å². The van der Waals surface area contributed by atoms with E-state index in [-0.39, 0.29) is 6.15 Å². The summed E-state index contributed by atoms with van der Waals surface area (Å²) in [5, 5.41) is 0. The van der Waals surface area contributed by atoms with E-state index >= 15 is 0 Å². The summed E-state index contributed by atoms with van der Waals surface area (Å²) in [5.41, 5.74) is 0. The van der Waals surface area contributed by atoms with Gasteiger partial charge in [-0.25, -0.2) is 0 Å². The van der Waals surface area contributed by atoms with Crippen LogP contribution >= 0.6 is 11.6 Å². The fraction of sp³-hybridized carbons (Fsp3) is 0.667. The molecule has 0 atom stereocenters. The lowest BCUT2D eigenvalue weighted by molar-refractivity contribution is 0.505. The highest BCUT2D eigenvalue weighted by molar-refractivity contribution is 6.18. The average Bonchev–Trinajstić information content (AvgIpc) is 1.65. The molecule has 0 aromatic carbocycles. The number of halogens is 1. The van der Waals surface area contributed by atoms with Crippen molar-refractivity contribution in [2.75, 3.05) is 27.0 Å². The van der Waals surface area contributed by atoms with Crippen LogP contribution in [-0.2, 0) is 0 Å². The van der Waals surface area contributed by atoms with Gasteiger partial charge < -0.3 is 11.1 Å². The summed E-state index contributed by atoms with van der Waals surface area (Å²) in [7, 11) is 6.00. The number of allylic oxidation sites excluding steroid dienone is 1. The van der Waals surface area contributed by atoms with Gasteiger partial charge in [-0.3, -0.25) is 0 Å². The second kappa shape index (κ2) is 15.7. The molecule has 0 saturated heterocycles. The zero-order chi connectivity index (χ0) is 6.99. The van der Waals surface area contributed by atoms with Crippen LogP contribution < -0.4 is 6.15 Å². The molecule has 0 aliphatic heterocycles. The molecule has 0 bridgehead atoms. The molecule has 0 unspecified atom stereocenters. The van der Waals surface area contributed by atoms with Crippen molar-refractivity contribution in [1.29, 1.82) is 0 Å². The second-order valence-electron chi connectivity index (χ2n) is 1.78. The first-order valence-electron chi connectivity index (χ1n) is 2.43. The third-order valence-electron chi connectivity index (χ3n) is 0.109. The summed E-state index contributed by atoms with van der Waals surface area (Å²) in [6.07, 6.45) is 1.64. The minimum absolute atomic E-state index is 0. The van der Waals surface area contributed by atoms with Crippen molar-refractivity contribution in [2.24, 2.45) is 0 Å². The van der Waals surface area contributed by atoms with Gasteiger partial charge in [-0.2, -0.15) is 0 Å². The maximum absolute atomic E-state index is 5.07. The van der Waals surface area contributed by atoms with E-state index < -0.39 is 0 Å². The fourth-order valence-corrected chi connectivity index (χ4v) is 0. The van der Waals surface area contributed by atoms with Gasteiger partial charge in [0.05, 0.1) is 0 Å². The molecule has 0 aromatic rings. The lowest BCUT2D eigenvalue weighted by Crippen LogP contribution is -1.99. The molecule has 0 amide bonds. The Balaban J connectivity index is -0.0000000720. The molecule has 3 heteroatoms. The minimum atomic E-state index is 0. The van der Waals surface area contributed by atoms with Crippen molar-refractivity contribution in [2.45, 2.75) is 0 Å². The van der Waals surface area contributed by atoms with Gasteiger partial charge in [-0.05, 0) is 21.1 Å². The summed E-state index contributed by atoms with van der Waals surface area (Å²) < 4.78 is 0. The van der Waals surface area contributed by atoms with Crippen molar-refractivity contribution in [3.8, 4) is 0 Å². The monoisotopic (exact) mass is 152 g/mol. The molecule has 0 spiro atoms. The zero-order valence-corrected chi connectivity index (χ0v) is 7.28. The third-order valence-corrected chi connectivity index (χ3v) is 0.327. The Hall–Kier alpha value is -0.0500. The largest absolute Gasteiger partial charge is 0.344 e. The van der Waals surface area contributed by atoms with E-state index in [1.165, 1.54) is 0 Å². The van der Waals surface area contributed by atoms with Crippen LogP contribution in [0.1, 0.15) is 0 Å². The molecule has 0 rings (SSSR count). The SMILES string of the molecule is C=CCCl.CN(C)C.N. The molecule has 0 aliphatic carbocycles. The maximum Gasteiger partial charge on any atom is 0.0401 e. The predicted molar refractivity (Wildman–Crippen MR) is 45.6 cm³/mol. The van der Waals surface area contributed by atoms with Crippen LogP contribution in [0.15, 0.2) is 12.7 Å². The molecule has 9 heavy (non-hydrogen) atoms. The number of nitrogens with zero attached hydrogens (tertiary/aromatic N) is 1. The minimum Gasteiger partial charge on any atom is -0.344 e. The van der Waals surface area contributed by atoms with Crippen LogP contribution in [0.2, 0.25) is 0 Å². The van der Waals surface area contributed by atoms with E-state index in [1.54, 1.807) is 6.08 Å². The standard InChI is InChI=1S/C3H5Cl.C3H9N.H3N/c1-2-3-4;1-4(2)3;/h2H,1,3H2;1-3H3;1H3. The Labute approximate surface area is 63.1 Å². The van der Waals surface area contributed by atoms with Crippen LogP contribution in [0.5, 0.6) is 0 Å². The Morgan fingerprint density at radius 1 is 1.44 bits per heavy atom. The van der Waals surface area contributed by atoms with E-state index in [1.807, 2.05) is 26.0 Å². The fourth-order valence-electron chi connectivity index (χ4n) is 0. The topological polar surface area (TPSA) is 38.2 Å². The Morgan fingerprint density at radius 3 is 1.56 bits per heavy atom. The predicted octanol–water partition coefficient (Wildman–Crippen LogP) is 1.75. The summed E-state index contributed by atoms with van der Waals surface area (Å²) in [5.74, 6) is 0.556. The van der Waals surface area contributed by atoms with Crippen LogP contribution in [0, 0.1) is 0 Å². The highest BCUT2D eigenvalue weighted by atomic mass is 35.5. The molecule has 2 nitrogen and oxygen atoms in total. The third kappa shape index (κ3) is 312. The summed E-state index contributed by atoms with van der Waals surface area (Å²) in [4.78, 5) is 2.00. The first-order chi connectivity index (χ1) is 3.65. The zero-order valence-electron chi connectivity index (χ0n) is 6.52. The van der Waals surface area contributed by atoms with E-state index in [0.29, 0.717) is 5.88 Å². The molecule has 0 aromatic heterocycles. The Kier molecular flexibility index (Phi) is 27.8. The van der Waals surface area contributed by atoms with E-state index in [9.17, 15) is 0 Å². The molecular formula is C6H17ClN2. The Morgan fingerprint density at radius 2 is 1.56 bits per heavy atom. The summed E-state index contributed by atoms with van der Waals surface area (Å²) in [6.45, 7) is 3.35. The molecule has 0 radical (unpaired) electrons. The first-order valence-corrected chi connectivity index (χ1v) is 2.96. The average molecular weight is 153 g/mol. The van der Waals surface area contributed by atoms with Gasteiger partial charge in [0.1, 0.15) is 0 Å². The number of alkyl halides is 1. The van der Waals surface area contributed by atoms with E-state index in [4.69, 9.17) is 11.6 Å². The number of hydrogen-bond acceptors (Lipinski definition) is 2. The molecule has 0 aliphatic rings. The van der Waals surface area contributed by atoms with Gasteiger partial charge in [0.15, 0.2) is 0 Å². The first kappa shape index (κ1) is 16.0. The summed E-state index contributed by atoms with van der Waals surface area (Å²) in [6, 6.07) is 0. The van der Waals surface area contributed by atoms with Gasteiger partial charge in [-0.15, -0.1) is 18.2 Å². The van der Waals surface area contributed by atoms with Crippen LogP contribution in [-0.4, -0.2) is 31.9 Å². The van der Waals surface area contributed by atoms with E-state index in [2.05, 4.69) is 6.58 Å². The molecule has 3 N–H and O–H groups in total. The maximum atomic E-state index is 5.07. The molecule has 0 heterocycles. The molecule has 58 valence electrons. The summed E-state index contributed by atoms with van der Waals surface area (Å²) >= 11 is 5.07. The van der Waals surface area contributed by atoms with Crippen molar-refractivity contribution >= 4 is 11.6 Å². The van der Waals surface area contributed by atoms with Crippen molar-refractivity contribution < 1.29 is 0 Å². The van der Waals surface area contributed by atoms with Crippen molar-refractivity contribution in [1.82, 2.24) is 11.1 Å². The van der Waals surface area contributed by atoms with Gasteiger partial charge in [0, 0.05) is 5.88 Å². The van der Waals surface area contributed by atoms with Crippen molar-refractivity contribution in [3.63, 3.8) is 0 Å². The van der Waals surface area contributed by atoms with Gasteiger partial charge in [0.25, 0.3) is 0 Å². The lowest BCUT2D eigenvalue weighted by atomic mass is 10.8. The highest BCUT2D eigenvalue weighted by Gasteiger charge is 1.58. The quantitative estimate of drug-likeness (QED) is 0.459. The number of rotatable bonds is 1. The van der Waals surface area contributed by atoms with Crippen LogP contribution in [0.3, 0.4) is 0 Å². The second-order valence-corrected chi connectivity index (χ2v) is 2.09. The van der Waals surface area contributed by atoms with Crippen LogP contribution in [0.4, 0.5) is 0 Å². The molecule has 0 saturated carbocycles. The number of hydrogen-bond donors (Lipinski definition) is 1. The molecular weight excluding hydrogens is 136 g/mol. The van der Waals surface area contributed by atoms with Crippen LogP contribution in [0.25, 0.3) is 0 Å². The van der Waals surface area contributed by atoms with Gasteiger partial charge in [-0.1, -0.05) is 6.08 Å². The normalized spacial score (nSPS) is 6.78. The Bertz CT molecular complexity index is 43.6. The van der Waals surface area contributed by atoms with Gasteiger partial charge >= 0.3 is 0 Å².